The van der Waals surface area contributed by atoms with Crippen molar-refractivity contribution in [3.05, 3.63) is 29.3 Å². The van der Waals surface area contributed by atoms with Gasteiger partial charge < -0.3 is 15.4 Å². The van der Waals surface area contributed by atoms with E-state index >= 15 is 0 Å². The monoisotopic (exact) mass is 320 g/mol. The van der Waals surface area contributed by atoms with E-state index < -0.39 is 0 Å². The van der Waals surface area contributed by atoms with Crippen molar-refractivity contribution in [3.63, 3.8) is 0 Å². The highest BCUT2D eigenvalue weighted by Crippen LogP contribution is 2.21. The molecule has 5 heteroatoms. The van der Waals surface area contributed by atoms with Gasteiger partial charge in [0, 0.05) is 11.7 Å². The highest BCUT2D eigenvalue weighted by molar-refractivity contribution is 7.80. The van der Waals surface area contributed by atoms with Gasteiger partial charge in [-0.15, -0.1) is 0 Å². The van der Waals surface area contributed by atoms with E-state index in [4.69, 9.17) is 17.0 Å². The molecule has 0 bridgehead atoms. The van der Waals surface area contributed by atoms with Crippen LogP contribution < -0.4 is 10.6 Å². The van der Waals surface area contributed by atoms with E-state index in [0.29, 0.717) is 16.7 Å². The molecule has 0 atom stereocenters. The van der Waals surface area contributed by atoms with Crippen molar-refractivity contribution in [2.75, 3.05) is 12.4 Å². The lowest BCUT2D eigenvalue weighted by Gasteiger charge is -2.20. The third-order valence-electron chi connectivity index (χ3n) is 4.18. The summed E-state index contributed by atoms with van der Waals surface area (Å²) in [5.74, 6) is -0.330. The molecule has 1 fully saturated rings. The van der Waals surface area contributed by atoms with Crippen molar-refractivity contribution in [3.8, 4) is 0 Å². The quantitative estimate of drug-likeness (QED) is 0.504. The molecule has 0 unspecified atom stereocenters. The van der Waals surface area contributed by atoms with Gasteiger partial charge >= 0.3 is 5.97 Å². The molecule has 0 aliphatic heterocycles. The fraction of sp³-hybridized carbons (Fsp3) is 0.529. The Morgan fingerprint density at radius 3 is 2.55 bits per heavy atom. The van der Waals surface area contributed by atoms with Crippen LogP contribution in [0.3, 0.4) is 0 Å². The number of carbonyl (C=O) groups is 1. The van der Waals surface area contributed by atoms with Crippen LogP contribution in [0.4, 0.5) is 5.69 Å². The Hall–Kier alpha value is -1.62. The first kappa shape index (κ1) is 16.7. The molecule has 0 heterocycles. The summed E-state index contributed by atoms with van der Waals surface area (Å²) in [5.41, 5.74) is 2.25. The Morgan fingerprint density at radius 1 is 1.23 bits per heavy atom. The molecule has 2 N–H and O–H groups in total. The molecule has 1 aromatic rings. The summed E-state index contributed by atoms with van der Waals surface area (Å²) >= 11 is 5.42. The molecule has 1 aliphatic rings. The summed E-state index contributed by atoms with van der Waals surface area (Å²) in [6.45, 7) is 1.89. The molecule has 1 aromatic carbocycles. The average Bonchev–Trinajstić information content (AvgIpc) is 2.77. The minimum Gasteiger partial charge on any atom is -0.465 e. The molecule has 0 amide bonds. The van der Waals surface area contributed by atoms with Crippen LogP contribution >= 0.6 is 12.2 Å². The zero-order chi connectivity index (χ0) is 15.9. The second kappa shape index (κ2) is 8.13. The third kappa shape index (κ3) is 4.44. The number of thiocarbonyl (C=S) groups is 1. The van der Waals surface area contributed by atoms with Crippen LogP contribution in [0, 0.1) is 6.92 Å². The van der Waals surface area contributed by atoms with Crippen molar-refractivity contribution in [2.24, 2.45) is 0 Å². The maximum absolute atomic E-state index is 11.7. The van der Waals surface area contributed by atoms with E-state index in [9.17, 15) is 4.79 Å². The Bertz CT molecular complexity index is 537. The Balaban J connectivity index is 2.00. The zero-order valence-corrected chi connectivity index (χ0v) is 14.1. The van der Waals surface area contributed by atoms with Gasteiger partial charge in [0.15, 0.2) is 5.11 Å². The van der Waals surface area contributed by atoms with Gasteiger partial charge in [-0.3, -0.25) is 0 Å². The first-order chi connectivity index (χ1) is 10.6. The number of hydrogen-bond donors (Lipinski definition) is 2. The maximum Gasteiger partial charge on any atom is 0.338 e. The Kier molecular flexibility index (Phi) is 6.19. The van der Waals surface area contributed by atoms with Crippen LogP contribution in [0.5, 0.6) is 0 Å². The van der Waals surface area contributed by atoms with Gasteiger partial charge in [-0.1, -0.05) is 31.7 Å². The van der Waals surface area contributed by atoms with E-state index in [1.54, 1.807) is 6.07 Å². The van der Waals surface area contributed by atoms with Gasteiger partial charge in [0.2, 0.25) is 0 Å². The van der Waals surface area contributed by atoms with Crippen molar-refractivity contribution in [1.82, 2.24) is 5.32 Å². The van der Waals surface area contributed by atoms with E-state index in [1.807, 2.05) is 19.1 Å². The second-order valence-corrected chi connectivity index (χ2v) is 6.16. The van der Waals surface area contributed by atoms with Crippen LogP contribution in [0.25, 0.3) is 0 Å². The van der Waals surface area contributed by atoms with Crippen LogP contribution in [0.1, 0.15) is 54.4 Å². The standard InChI is InChI=1S/C17H24N2O2S/c1-12-14(16(20)21-2)10-7-11-15(12)19-17(22)18-13-8-5-3-4-6-9-13/h7,10-11,13H,3-6,8-9H2,1-2H3,(H2,18,19,22). The fourth-order valence-electron chi connectivity index (χ4n) is 2.87. The van der Waals surface area contributed by atoms with Gasteiger partial charge in [-0.25, -0.2) is 4.79 Å². The molecular weight excluding hydrogens is 296 g/mol. The van der Waals surface area contributed by atoms with Crippen LogP contribution in [0.15, 0.2) is 18.2 Å². The summed E-state index contributed by atoms with van der Waals surface area (Å²) in [5, 5.41) is 7.23. The zero-order valence-electron chi connectivity index (χ0n) is 13.3. The van der Waals surface area contributed by atoms with Gasteiger partial charge in [-0.05, 0) is 49.7 Å². The smallest absolute Gasteiger partial charge is 0.338 e. The number of hydrogen-bond acceptors (Lipinski definition) is 3. The van der Waals surface area contributed by atoms with Crippen LogP contribution in [-0.2, 0) is 4.74 Å². The number of rotatable bonds is 3. The molecule has 0 spiro atoms. The van der Waals surface area contributed by atoms with Crippen molar-refractivity contribution in [1.29, 1.82) is 0 Å². The summed E-state index contributed by atoms with van der Waals surface area (Å²) in [6.07, 6.45) is 7.50. The molecule has 120 valence electrons. The molecule has 1 saturated carbocycles. The first-order valence-corrected chi connectivity index (χ1v) is 8.28. The number of benzene rings is 1. The number of carbonyl (C=O) groups excluding carboxylic acids is 1. The number of methoxy groups -OCH3 is 1. The highest BCUT2D eigenvalue weighted by Gasteiger charge is 2.15. The lowest BCUT2D eigenvalue weighted by Crippen LogP contribution is -2.37. The molecule has 0 radical (unpaired) electrons. The van der Waals surface area contributed by atoms with Gasteiger partial charge in [-0.2, -0.15) is 0 Å². The topological polar surface area (TPSA) is 50.4 Å². The fourth-order valence-corrected chi connectivity index (χ4v) is 3.15. The number of esters is 1. The van der Waals surface area contributed by atoms with Crippen molar-refractivity contribution >= 4 is 29.0 Å². The van der Waals surface area contributed by atoms with Gasteiger partial charge in [0.1, 0.15) is 0 Å². The largest absolute Gasteiger partial charge is 0.465 e. The van der Waals surface area contributed by atoms with Gasteiger partial charge in [0.25, 0.3) is 0 Å². The molecular formula is C17H24N2O2S. The number of anilines is 1. The molecule has 22 heavy (non-hydrogen) atoms. The molecule has 0 saturated heterocycles. The molecule has 4 nitrogen and oxygen atoms in total. The lowest BCUT2D eigenvalue weighted by atomic mass is 10.1. The Morgan fingerprint density at radius 2 is 1.91 bits per heavy atom. The summed E-state index contributed by atoms with van der Waals surface area (Å²) in [4.78, 5) is 11.7. The van der Waals surface area contributed by atoms with Crippen LogP contribution in [0.2, 0.25) is 0 Å². The van der Waals surface area contributed by atoms with Gasteiger partial charge in [0.05, 0.1) is 12.7 Å². The van der Waals surface area contributed by atoms with E-state index in [1.165, 1.54) is 45.6 Å². The maximum atomic E-state index is 11.7. The minimum absolute atomic E-state index is 0.330. The minimum atomic E-state index is -0.330. The second-order valence-electron chi connectivity index (χ2n) is 5.76. The van der Waals surface area contributed by atoms with E-state index in [-0.39, 0.29) is 5.97 Å². The summed E-state index contributed by atoms with van der Waals surface area (Å²) < 4.78 is 4.80. The van der Waals surface area contributed by atoms with E-state index in [2.05, 4.69) is 10.6 Å². The van der Waals surface area contributed by atoms with Crippen molar-refractivity contribution in [2.45, 2.75) is 51.5 Å². The Labute approximate surface area is 137 Å². The first-order valence-electron chi connectivity index (χ1n) is 7.87. The normalized spacial score (nSPS) is 15.7. The third-order valence-corrected chi connectivity index (χ3v) is 4.40. The average molecular weight is 320 g/mol. The highest BCUT2D eigenvalue weighted by atomic mass is 32.1. The predicted molar refractivity (Wildman–Crippen MR) is 93.4 cm³/mol. The molecule has 0 aromatic heterocycles. The molecule has 2 rings (SSSR count). The SMILES string of the molecule is COC(=O)c1cccc(NC(=S)NC2CCCCCC2)c1C. The lowest BCUT2D eigenvalue weighted by molar-refractivity contribution is 0.0600. The molecule has 1 aliphatic carbocycles. The predicted octanol–water partition coefficient (Wildman–Crippen LogP) is 3.79. The van der Waals surface area contributed by atoms with E-state index in [0.717, 1.165) is 11.3 Å². The summed E-state index contributed by atoms with van der Waals surface area (Å²) in [7, 11) is 1.39. The number of ether oxygens (including phenoxy) is 1. The summed E-state index contributed by atoms with van der Waals surface area (Å²) in [6, 6.07) is 5.96. The van der Waals surface area contributed by atoms with Crippen LogP contribution in [-0.4, -0.2) is 24.2 Å². The number of nitrogens with one attached hydrogen (secondary N) is 2. The van der Waals surface area contributed by atoms with Crippen molar-refractivity contribution < 1.29 is 9.53 Å².